The molecule has 2 saturated carbocycles. The topological polar surface area (TPSA) is 32.3 Å². The van der Waals surface area contributed by atoms with E-state index in [4.69, 9.17) is 0 Å². The third kappa shape index (κ3) is 3.46. The molecule has 0 aromatic carbocycles. The van der Waals surface area contributed by atoms with Crippen LogP contribution in [0, 0.1) is 11.8 Å². The number of nitrogens with one attached hydrogen (secondary N) is 1. The minimum absolute atomic E-state index is 0.400. The predicted molar refractivity (Wildman–Crippen MR) is 67.4 cm³/mol. The molecule has 2 N–H and O–H groups in total. The first kappa shape index (κ1) is 12.4. The van der Waals surface area contributed by atoms with Crippen molar-refractivity contribution in [3.8, 4) is 0 Å². The summed E-state index contributed by atoms with van der Waals surface area (Å²) in [7, 11) is 0. The fourth-order valence-corrected chi connectivity index (χ4v) is 3.17. The lowest BCUT2D eigenvalue weighted by Gasteiger charge is -2.31. The zero-order chi connectivity index (χ0) is 11.2. The third-order valence-electron chi connectivity index (χ3n) is 4.60. The van der Waals surface area contributed by atoms with E-state index in [-0.39, 0.29) is 0 Å². The maximum absolute atomic E-state index is 9.49. The maximum atomic E-state index is 9.49. The Morgan fingerprint density at radius 1 is 1.00 bits per heavy atom. The van der Waals surface area contributed by atoms with Crippen molar-refractivity contribution in [2.45, 2.75) is 63.8 Å². The largest absolute Gasteiger partial charge is 0.396 e. The Hall–Kier alpha value is -0.0800. The third-order valence-corrected chi connectivity index (χ3v) is 4.60. The van der Waals surface area contributed by atoms with E-state index < -0.39 is 0 Å². The van der Waals surface area contributed by atoms with Crippen LogP contribution >= 0.6 is 0 Å². The average Bonchev–Trinajstić information content (AvgIpc) is 2.28. The molecule has 2 rings (SSSR count). The van der Waals surface area contributed by atoms with Crippen LogP contribution in [0.25, 0.3) is 0 Å². The van der Waals surface area contributed by atoms with Gasteiger partial charge in [0.25, 0.3) is 0 Å². The number of aliphatic hydroxyl groups excluding tert-OH is 1. The van der Waals surface area contributed by atoms with Crippen molar-refractivity contribution < 1.29 is 5.11 Å². The summed E-state index contributed by atoms with van der Waals surface area (Å²) in [5.74, 6) is 1.37. The standard InChI is InChI=1S/C14H27NO/c16-11-13(12-5-2-1-3-6-12)9-10-15-14-7-4-8-14/h12-16H,1-11H2. The van der Waals surface area contributed by atoms with Crippen molar-refractivity contribution in [1.82, 2.24) is 5.32 Å². The molecule has 1 unspecified atom stereocenters. The molecular weight excluding hydrogens is 198 g/mol. The van der Waals surface area contributed by atoms with Crippen molar-refractivity contribution in [1.29, 1.82) is 0 Å². The Morgan fingerprint density at radius 3 is 2.31 bits per heavy atom. The SMILES string of the molecule is OCC(CCNC1CCC1)C1CCCCC1. The molecule has 16 heavy (non-hydrogen) atoms. The van der Waals surface area contributed by atoms with Crippen molar-refractivity contribution in [3.05, 3.63) is 0 Å². The van der Waals surface area contributed by atoms with Crippen LogP contribution < -0.4 is 5.32 Å². The smallest absolute Gasteiger partial charge is 0.0462 e. The van der Waals surface area contributed by atoms with Gasteiger partial charge in [0, 0.05) is 12.6 Å². The maximum Gasteiger partial charge on any atom is 0.0462 e. The zero-order valence-corrected chi connectivity index (χ0v) is 10.5. The van der Waals surface area contributed by atoms with Crippen LogP contribution in [-0.2, 0) is 0 Å². The van der Waals surface area contributed by atoms with Gasteiger partial charge in [-0.3, -0.25) is 0 Å². The molecule has 0 saturated heterocycles. The molecule has 0 amide bonds. The normalized spacial score (nSPS) is 25.3. The van der Waals surface area contributed by atoms with E-state index in [1.165, 1.54) is 57.8 Å². The molecule has 2 fully saturated rings. The highest BCUT2D eigenvalue weighted by Crippen LogP contribution is 2.31. The highest BCUT2D eigenvalue weighted by atomic mass is 16.3. The highest BCUT2D eigenvalue weighted by molar-refractivity contribution is 4.78. The van der Waals surface area contributed by atoms with Gasteiger partial charge in [-0.1, -0.05) is 38.5 Å². The van der Waals surface area contributed by atoms with E-state index in [1.54, 1.807) is 0 Å². The summed E-state index contributed by atoms with van der Waals surface area (Å²) in [5, 5.41) is 13.1. The van der Waals surface area contributed by atoms with Crippen molar-refractivity contribution >= 4 is 0 Å². The van der Waals surface area contributed by atoms with Crippen LogP contribution in [0.15, 0.2) is 0 Å². The summed E-state index contributed by atoms with van der Waals surface area (Å²) in [5.41, 5.74) is 0. The summed E-state index contributed by atoms with van der Waals surface area (Å²) in [6.07, 6.45) is 12.2. The van der Waals surface area contributed by atoms with Crippen LogP contribution in [-0.4, -0.2) is 24.3 Å². The quantitative estimate of drug-likeness (QED) is 0.728. The number of aliphatic hydroxyl groups is 1. The Kier molecular flexibility index (Phi) is 5.11. The van der Waals surface area contributed by atoms with Gasteiger partial charge in [0.05, 0.1) is 0 Å². The van der Waals surface area contributed by atoms with Gasteiger partial charge in [-0.25, -0.2) is 0 Å². The summed E-state index contributed by atoms with van der Waals surface area (Å²) in [6, 6.07) is 0.797. The monoisotopic (exact) mass is 225 g/mol. The molecule has 0 spiro atoms. The van der Waals surface area contributed by atoms with Gasteiger partial charge in [0.1, 0.15) is 0 Å². The molecule has 0 radical (unpaired) electrons. The molecule has 2 aliphatic rings. The molecular formula is C14H27NO. The van der Waals surface area contributed by atoms with Gasteiger partial charge in [0.15, 0.2) is 0 Å². The molecule has 2 heteroatoms. The lowest BCUT2D eigenvalue weighted by molar-refractivity contribution is 0.137. The van der Waals surface area contributed by atoms with Crippen LogP contribution in [0.1, 0.15) is 57.8 Å². The number of hydrogen-bond acceptors (Lipinski definition) is 2. The molecule has 0 bridgehead atoms. The second-order valence-electron chi connectivity index (χ2n) is 5.71. The van der Waals surface area contributed by atoms with E-state index in [2.05, 4.69) is 5.32 Å². The minimum atomic E-state index is 0.400. The van der Waals surface area contributed by atoms with Crippen LogP contribution in [0.5, 0.6) is 0 Å². The number of hydrogen-bond donors (Lipinski definition) is 2. The fraction of sp³-hybridized carbons (Fsp3) is 1.00. The first-order valence-corrected chi connectivity index (χ1v) is 7.24. The molecule has 2 nitrogen and oxygen atoms in total. The molecule has 2 aliphatic carbocycles. The zero-order valence-electron chi connectivity index (χ0n) is 10.5. The lowest BCUT2D eigenvalue weighted by atomic mass is 9.79. The Morgan fingerprint density at radius 2 is 1.75 bits per heavy atom. The van der Waals surface area contributed by atoms with Crippen LogP contribution in [0.2, 0.25) is 0 Å². The lowest BCUT2D eigenvalue weighted by Crippen LogP contribution is -2.37. The summed E-state index contributed by atoms with van der Waals surface area (Å²) < 4.78 is 0. The highest BCUT2D eigenvalue weighted by Gasteiger charge is 2.23. The second-order valence-corrected chi connectivity index (χ2v) is 5.71. The molecule has 0 aliphatic heterocycles. The van der Waals surface area contributed by atoms with E-state index in [0.717, 1.165) is 18.5 Å². The summed E-state index contributed by atoms with van der Waals surface area (Å²) >= 11 is 0. The van der Waals surface area contributed by atoms with E-state index in [0.29, 0.717) is 12.5 Å². The Labute approximate surface area is 99.8 Å². The van der Waals surface area contributed by atoms with E-state index in [9.17, 15) is 5.11 Å². The second kappa shape index (κ2) is 6.61. The van der Waals surface area contributed by atoms with Crippen molar-refractivity contribution in [2.24, 2.45) is 11.8 Å². The van der Waals surface area contributed by atoms with Crippen LogP contribution in [0.3, 0.4) is 0 Å². The first-order valence-electron chi connectivity index (χ1n) is 7.24. The van der Waals surface area contributed by atoms with Crippen LogP contribution in [0.4, 0.5) is 0 Å². The van der Waals surface area contributed by atoms with E-state index in [1.807, 2.05) is 0 Å². The molecule has 0 aromatic rings. The van der Waals surface area contributed by atoms with Gasteiger partial charge in [-0.15, -0.1) is 0 Å². The molecule has 0 aromatic heterocycles. The van der Waals surface area contributed by atoms with Gasteiger partial charge in [-0.2, -0.15) is 0 Å². The first-order chi connectivity index (χ1) is 7.90. The molecule has 0 heterocycles. The summed E-state index contributed by atoms with van der Waals surface area (Å²) in [6.45, 7) is 1.52. The van der Waals surface area contributed by atoms with Crippen molar-refractivity contribution in [2.75, 3.05) is 13.2 Å². The fourth-order valence-electron chi connectivity index (χ4n) is 3.17. The molecule has 1 atom stereocenters. The molecule has 94 valence electrons. The predicted octanol–water partition coefficient (Wildman–Crippen LogP) is 2.71. The number of rotatable bonds is 6. The Bertz CT molecular complexity index is 185. The van der Waals surface area contributed by atoms with Gasteiger partial charge in [0.2, 0.25) is 0 Å². The van der Waals surface area contributed by atoms with E-state index >= 15 is 0 Å². The minimum Gasteiger partial charge on any atom is -0.396 e. The Balaban J connectivity index is 1.63. The van der Waals surface area contributed by atoms with Gasteiger partial charge in [-0.05, 0) is 37.6 Å². The van der Waals surface area contributed by atoms with Crippen molar-refractivity contribution in [3.63, 3.8) is 0 Å². The van der Waals surface area contributed by atoms with Gasteiger partial charge < -0.3 is 10.4 Å². The average molecular weight is 225 g/mol. The summed E-state index contributed by atoms with van der Waals surface area (Å²) in [4.78, 5) is 0. The van der Waals surface area contributed by atoms with Gasteiger partial charge >= 0.3 is 0 Å².